The van der Waals surface area contributed by atoms with Crippen molar-refractivity contribution in [2.75, 3.05) is 33.4 Å². The number of hydrogen-bond donors (Lipinski definition) is 1. The summed E-state index contributed by atoms with van der Waals surface area (Å²) >= 11 is 0. The van der Waals surface area contributed by atoms with E-state index in [1.165, 1.54) is 17.7 Å². The Labute approximate surface area is 214 Å². The van der Waals surface area contributed by atoms with Crippen molar-refractivity contribution in [3.8, 4) is 5.75 Å². The minimum absolute atomic E-state index is 0.0795. The number of rotatable bonds is 10. The van der Waals surface area contributed by atoms with Crippen LogP contribution in [0.3, 0.4) is 0 Å². The third kappa shape index (κ3) is 6.20. The van der Waals surface area contributed by atoms with Crippen LogP contribution >= 0.6 is 0 Å². The van der Waals surface area contributed by atoms with Gasteiger partial charge in [0.2, 0.25) is 5.91 Å². The van der Waals surface area contributed by atoms with Crippen LogP contribution in [-0.2, 0) is 27.5 Å². The van der Waals surface area contributed by atoms with Crippen molar-refractivity contribution < 1.29 is 23.5 Å². The molecule has 0 aliphatic carbocycles. The van der Waals surface area contributed by atoms with Crippen molar-refractivity contribution >= 4 is 23.1 Å². The molecule has 1 N–H and O–H groups in total. The molecular weight excluding hydrogens is 479 g/mol. The summed E-state index contributed by atoms with van der Waals surface area (Å²) < 4.78 is 27.4. The Morgan fingerprint density at radius 3 is 2.76 bits per heavy atom. The van der Waals surface area contributed by atoms with Crippen molar-refractivity contribution in [2.24, 2.45) is 0 Å². The van der Waals surface area contributed by atoms with Crippen LogP contribution in [0, 0.1) is 12.7 Å². The van der Waals surface area contributed by atoms with Gasteiger partial charge < -0.3 is 19.6 Å². The second-order valence-electron chi connectivity index (χ2n) is 9.00. The highest BCUT2D eigenvalue weighted by atomic mass is 19.1. The fourth-order valence-corrected chi connectivity index (χ4v) is 4.48. The van der Waals surface area contributed by atoms with Crippen molar-refractivity contribution in [1.29, 1.82) is 0 Å². The molecule has 9 nitrogen and oxygen atoms in total. The summed E-state index contributed by atoms with van der Waals surface area (Å²) in [4.78, 5) is 43.7. The van der Waals surface area contributed by atoms with Gasteiger partial charge in [0, 0.05) is 38.7 Å². The van der Waals surface area contributed by atoms with Crippen LogP contribution in [0.2, 0.25) is 0 Å². The van der Waals surface area contributed by atoms with Crippen LogP contribution in [0.25, 0.3) is 10.9 Å². The summed E-state index contributed by atoms with van der Waals surface area (Å²) in [5, 5.41) is 2.71. The Kier molecular flexibility index (Phi) is 8.62. The number of ether oxygens (including phenoxy) is 2. The van der Waals surface area contributed by atoms with E-state index in [0.29, 0.717) is 42.9 Å². The number of aldehydes is 1. The van der Waals surface area contributed by atoms with E-state index in [0.717, 1.165) is 18.7 Å². The van der Waals surface area contributed by atoms with E-state index in [1.54, 1.807) is 31.2 Å². The molecule has 1 amide bonds. The van der Waals surface area contributed by atoms with Gasteiger partial charge >= 0.3 is 0 Å². The first-order valence-electron chi connectivity index (χ1n) is 12.3. The Morgan fingerprint density at radius 1 is 1.27 bits per heavy atom. The zero-order valence-electron chi connectivity index (χ0n) is 21.0. The number of aryl methyl sites for hydroxylation is 1. The second kappa shape index (κ2) is 12.1. The topological polar surface area (TPSA) is 103 Å². The molecule has 1 aromatic heterocycles. The van der Waals surface area contributed by atoms with Crippen LogP contribution in [0.4, 0.5) is 4.39 Å². The molecule has 1 fully saturated rings. The first-order chi connectivity index (χ1) is 17.9. The molecule has 2 heterocycles. The number of aromatic nitrogens is 2. The minimum Gasteiger partial charge on any atom is -0.488 e. The van der Waals surface area contributed by atoms with E-state index in [9.17, 15) is 18.8 Å². The smallest absolute Gasteiger partial charge is 0.265 e. The first-order valence-corrected chi connectivity index (χ1v) is 12.3. The van der Waals surface area contributed by atoms with Crippen LogP contribution in [0.1, 0.15) is 35.8 Å². The average molecular weight is 511 g/mol. The Morgan fingerprint density at radius 2 is 2.05 bits per heavy atom. The number of carbonyl (C=O) groups excluding carboxylic acids is 2. The molecule has 196 valence electrons. The summed E-state index contributed by atoms with van der Waals surface area (Å²) in [6.07, 6.45) is 0.882. The van der Waals surface area contributed by atoms with Gasteiger partial charge in [0.05, 0.1) is 24.8 Å². The quantitative estimate of drug-likeness (QED) is 0.418. The third-order valence-electron chi connectivity index (χ3n) is 6.51. The van der Waals surface area contributed by atoms with Gasteiger partial charge in [-0.3, -0.25) is 19.1 Å². The Bertz CT molecular complexity index is 1340. The monoisotopic (exact) mass is 510 g/mol. The molecule has 4 rings (SSSR count). The lowest BCUT2D eigenvalue weighted by Gasteiger charge is -2.26. The van der Waals surface area contributed by atoms with Gasteiger partial charge in [-0.1, -0.05) is 18.2 Å². The lowest BCUT2D eigenvalue weighted by molar-refractivity contribution is -0.121. The molecule has 1 atom stereocenters. The van der Waals surface area contributed by atoms with Gasteiger partial charge in [0.25, 0.3) is 5.56 Å². The standard InChI is InChI=1S/C27H31FN4O5/c1-18-30-23-4-3-5-24(26(23)27(35)32(18)21(16-33)8-9-25(34)29-2)37-17-20-7-6-19(14-22(20)28)15-31-10-12-36-13-11-31/h3-7,14,16,21H,8-13,15,17H2,1-2H3,(H,29,34). The molecule has 1 saturated heterocycles. The second-order valence-corrected chi connectivity index (χ2v) is 9.00. The minimum atomic E-state index is -0.855. The van der Waals surface area contributed by atoms with Gasteiger partial charge in [0.15, 0.2) is 0 Å². The largest absolute Gasteiger partial charge is 0.488 e. The number of benzene rings is 2. The normalized spacial score (nSPS) is 14.9. The number of nitrogens with zero attached hydrogens (tertiary/aromatic N) is 3. The van der Waals surface area contributed by atoms with E-state index >= 15 is 0 Å². The van der Waals surface area contributed by atoms with Gasteiger partial charge in [-0.2, -0.15) is 0 Å². The fourth-order valence-electron chi connectivity index (χ4n) is 4.48. The molecule has 37 heavy (non-hydrogen) atoms. The zero-order chi connectivity index (χ0) is 26.4. The maximum absolute atomic E-state index is 14.9. The molecule has 3 aromatic rings. The maximum Gasteiger partial charge on any atom is 0.265 e. The number of nitrogens with one attached hydrogen (secondary N) is 1. The summed E-state index contributed by atoms with van der Waals surface area (Å²) in [6.45, 7) is 5.19. The van der Waals surface area contributed by atoms with E-state index in [-0.39, 0.29) is 42.3 Å². The number of halogens is 1. The predicted octanol–water partition coefficient (Wildman–Crippen LogP) is 2.52. The van der Waals surface area contributed by atoms with Crippen molar-refractivity contribution in [1.82, 2.24) is 19.8 Å². The number of morpholine rings is 1. The molecule has 2 aromatic carbocycles. The summed E-state index contributed by atoms with van der Waals surface area (Å²) in [5.74, 6) is -0.0111. The number of carbonyl (C=O) groups is 2. The number of fused-ring (bicyclic) bond motifs is 1. The highest BCUT2D eigenvalue weighted by Crippen LogP contribution is 2.25. The van der Waals surface area contributed by atoms with E-state index < -0.39 is 11.6 Å². The van der Waals surface area contributed by atoms with Gasteiger partial charge in [-0.25, -0.2) is 9.37 Å². The maximum atomic E-state index is 14.9. The van der Waals surface area contributed by atoms with Crippen LogP contribution in [0.5, 0.6) is 5.75 Å². The number of hydrogen-bond acceptors (Lipinski definition) is 7. The van der Waals surface area contributed by atoms with E-state index in [2.05, 4.69) is 15.2 Å². The predicted molar refractivity (Wildman–Crippen MR) is 136 cm³/mol. The highest BCUT2D eigenvalue weighted by molar-refractivity contribution is 5.84. The zero-order valence-corrected chi connectivity index (χ0v) is 21.0. The van der Waals surface area contributed by atoms with Crippen LogP contribution in [0.15, 0.2) is 41.2 Å². The van der Waals surface area contributed by atoms with Gasteiger partial charge in [-0.15, -0.1) is 0 Å². The Balaban J connectivity index is 1.56. The molecule has 0 radical (unpaired) electrons. The molecule has 0 bridgehead atoms. The molecular formula is C27H31FN4O5. The lowest BCUT2D eigenvalue weighted by Crippen LogP contribution is -2.35. The summed E-state index contributed by atoms with van der Waals surface area (Å²) in [7, 11) is 1.51. The third-order valence-corrected chi connectivity index (χ3v) is 6.51. The molecule has 0 spiro atoms. The molecule has 1 aliphatic heterocycles. The van der Waals surface area contributed by atoms with E-state index in [4.69, 9.17) is 9.47 Å². The van der Waals surface area contributed by atoms with Crippen LogP contribution in [-0.4, -0.2) is 60.0 Å². The number of amides is 1. The Hall–Kier alpha value is -3.63. The average Bonchev–Trinajstić information content (AvgIpc) is 2.90. The lowest BCUT2D eigenvalue weighted by atomic mass is 10.1. The van der Waals surface area contributed by atoms with Gasteiger partial charge in [0.1, 0.15) is 35.7 Å². The highest BCUT2D eigenvalue weighted by Gasteiger charge is 2.20. The molecule has 1 aliphatic rings. The molecule has 10 heteroatoms. The summed E-state index contributed by atoms with van der Waals surface area (Å²) in [6, 6.07) is 9.23. The molecule has 1 unspecified atom stereocenters. The van der Waals surface area contributed by atoms with Crippen molar-refractivity contribution in [3.05, 3.63) is 69.5 Å². The summed E-state index contributed by atoms with van der Waals surface area (Å²) in [5.41, 5.74) is 1.19. The van der Waals surface area contributed by atoms with Gasteiger partial charge in [-0.05, 0) is 37.1 Å². The molecule has 0 saturated carbocycles. The van der Waals surface area contributed by atoms with Crippen molar-refractivity contribution in [3.63, 3.8) is 0 Å². The van der Waals surface area contributed by atoms with Crippen molar-refractivity contribution in [2.45, 2.75) is 39.0 Å². The van der Waals surface area contributed by atoms with Crippen LogP contribution < -0.4 is 15.6 Å². The SMILES string of the molecule is CNC(=O)CCC(C=O)n1c(C)nc2cccc(OCc3ccc(CN4CCOCC4)cc3F)c2c1=O. The first kappa shape index (κ1) is 26.4. The van der Waals surface area contributed by atoms with E-state index in [1.807, 2.05) is 6.07 Å². The fraction of sp³-hybridized carbons (Fsp3) is 0.407.